The quantitative estimate of drug-likeness (QED) is 0.790. The molecule has 0 amide bonds. The predicted octanol–water partition coefficient (Wildman–Crippen LogP) is 5.52. The molecule has 2 fully saturated rings. The molecule has 2 saturated carbocycles. The Morgan fingerprint density at radius 1 is 1.14 bits per heavy atom. The summed E-state index contributed by atoms with van der Waals surface area (Å²) in [6.45, 7) is 2.08. The minimum Gasteiger partial charge on any atom is -0.382 e. The van der Waals surface area contributed by atoms with Crippen LogP contribution in [0.15, 0.2) is 18.2 Å². The molecule has 0 radical (unpaired) electrons. The van der Waals surface area contributed by atoms with Gasteiger partial charge < -0.3 is 5.32 Å². The third kappa shape index (κ3) is 2.68. The predicted molar refractivity (Wildman–Crippen MR) is 91.1 cm³/mol. The number of fused-ring (bicyclic) bond motifs is 1. The molecule has 1 aromatic heterocycles. The maximum absolute atomic E-state index is 4.54. The minimum atomic E-state index is 0.669. The van der Waals surface area contributed by atoms with Gasteiger partial charge in [-0.2, -0.15) is 0 Å². The summed E-state index contributed by atoms with van der Waals surface area (Å²) in [6.07, 6.45) is 11.5. The van der Waals surface area contributed by atoms with Crippen molar-refractivity contribution in [2.45, 2.75) is 64.3 Å². The van der Waals surface area contributed by atoms with Crippen LogP contribution in [0.3, 0.4) is 0 Å². The standard InChI is InChI=1S/C18H24N2S/c1-13-19-16-5-4-15(12-17(16)21-13)20-14-6-10-18(11-7-14)8-2-3-9-18/h4-5,12,14,20H,2-3,6-11H2,1H3. The minimum absolute atomic E-state index is 0.669. The van der Waals surface area contributed by atoms with Gasteiger partial charge in [0.05, 0.1) is 15.2 Å². The summed E-state index contributed by atoms with van der Waals surface area (Å²) in [5, 5.41) is 4.92. The van der Waals surface area contributed by atoms with Crippen molar-refractivity contribution in [2.75, 3.05) is 5.32 Å². The molecule has 2 nitrogen and oxygen atoms in total. The van der Waals surface area contributed by atoms with Crippen LogP contribution < -0.4 is 5.32 Å². The molecule has 0 bridgehead atoms. The van der Waals surface area contributed by atoms with E-state index in [1.54, 1.807) is 11.3 Å². The molecule has 0 atom stereocenters. The van der Waals surface area contributed by atoms with E-state index in [2.05, 4.69) is 35.4 Å². The Morgan fingerprint density at radius 3 is 2.67 bits per heavy atom. The Bertz CT molecular complexity index is 630. The Balaban J connectivity index is 1.43. The fraction of sp³-hybridized carbons (Fsp3) is 0.611. The number of rotatable bonds is 2. The molecule has 3 heteroatoms. The average Bonchev–Trinajstić information content (AvgIpc) is 3.07. The van der Waals surface area contributed by atoms with E-state index in [0.717, 1.165) is 15.9 Å². The van der Waals surface area contributed by atoms with E-state index >= 15 is 0 Å². The van der Waals surface area contributed by atoms with E-state index in [1.165, 1.54) is 61.8 Å². The van der Waals surface area contributed by atoms with Crippen molar-refractivity contribution in [3.8, 4) is 0 Å². The molecule has 2 aromatic rings. The summed E-state index contributed by atoms with van der Waals surface area (Å²) < 4.78 is 1.31. The van der Waals surface area contributed by atoms with Crippen molar-refractivity contribution in [1.82, 2.24) is 4.98 Å². The van der Waals surface area contributed by atoms with Crippen LogP contribution in [0.4, 0.5) is 5.69 Å². The lowest BCUT2D eigenvalue weighted by Crippen LogP contribution is -2.31. The highest BCUT2D eigenvalue weighted by Gasteiger charge is 2.37. The Morgan fingerprint density at radius 2 is 1.90 bits per heavy atom. The van der Waals surface area contributed by atoms with Gasteiger partial charge in [-0.25, -0.2) is 4.98 Å². The van der Waals surface area contributed by atoms with E-state index < -0.39 is 0 Å². The summed E-state index contributed by atoms with van der Waals surface area (Å²) in [5.74, 6) is 0. The maximum atomic E-state index is 4.54. The van der Waals surface area contributed by atoms with E-state index in [1.807, 2.05) is 0 Å². The molecule has 1 spiro atoms. The number of nitrogens with one attached hydrogen (secondary N) is 1. The van der Waals surface area contributed by atoms with Crippen LogP contribution in [0.25, 0.3) is 10.2 Å². The van der Waals surface area contributed by atoms with Gasteiger partial charge in [0.25, 0.3) is 0 Å². The second-order valence-corrected chi connectivity index (χ2v) is 8.28. The first-order valence-electron chi connectivity index (χ1n) is 8.36. The number of aromatic nitrogens is 1. The summed E-state index contributed by atoms with van der Waals surface area (Å²) in [7, 11) is 0. The zero-order chi connectivity index (χ0) is 14.3. The van der Waals surface area contributed by atoms with Gasteiger partial charge in [0.1, 0.15) is 0 Å². The molecule has 0 unspecified atom stereocenters. The molecule has 2 aliphatic rings. The normalized spacial score (nSPS) is 22.1. The number of anilines is 1. The smallest absolute Gasteiger partial charge is 0.0907 e. The molecule has 1 heterocycles. The lowest BCUT2D eigenvalue weighted by Gasteiger charge is -2.37. The van der Waals surface area contributed by atoms with Crippen molar-refractivity contribution in [3.05, 3.63) is 23.2 Å². The number of hydrogen-bond donors (Lipinski definition) is 1. The fourth-order valence-corrected chi connectivity index (χ4v) is 5.23. The van der Waals surface area contributed by atoms with Crippen LogP contribution in [0.5, 0.6) is 0 Å². The van der Waals surface area contributed by atoms with Gasteiger partial charge in [0, 0.05) is 11.7 Å². The third-order valence-electron chi connectivity index (χ3n) is 5.58. The SMILES string of the molecule is Cc1nc2ccc(NC3CCC4(CCCC4)CC3)cc2s1. The highest BCUT2D eigenvalue weighted by atomic mass is 32.1. The molecular weight excluding hydrogens is 276 g/mol. The van der Waals surface area contributed by atoms with Crippen LogP contribution in [0.2, 0.25) is 0 Å². The van der Waals surface area contributed by atoms with Crippen molar-refractivity contribution in [2.24, 2.45) is 5.41 Å². The Labute approximate surface area is 131 Å². The van der Waals surface area contributed by atoms with Crippen LogP contribution in [-0.2, 0) is 0 Å². The molecule has 2 aliphatic carbocycles. The van der Waals surface area contributed by atoms with E-state index in [0.29, 0.717) is 6.04 Å². The van der Waals surface area contributed by atoms with Gasteiger partial charge in [-0.15, -0.1) is 11.3 Å². The van der Waals surface area contributed by atoms with Crippen LogP contribution in [0.1, 0.15) is 56.4 Å². The third-order valence-corrected chi connectivity index (χ3v) is 6.51. The van der Waals surface area contributed by atoms with Gasteiger partial charge in [-0.1, -0.05) is 12.8 Å². The Kier molecular flexibility index (Phi) is 3.41. The molecule has 1 N–H and O–H groups in total. The molecular formula is C18H24N2S. The lowest BCUT2D eigenvalue weighted by molar-refractivity contribution is 0.188. The molecule has 0 saturated heterocycles. The second-order valence-electron chi connectivity index (χ2n) is 7.04. The van der Waals surface area contributed by atoms with E-state index in [-0.39, 0.29) is 0 Å². The van der Waals surface area contributed by atoms with Crippen molar-refractivity contribution in [1.29, 1.82) is 0 Å². The first kappa shape index (κ1) is 13.6. The van der Waals surface area contributed by atoms with Crippen LogP contribution >= 0.6 is 11.3 Å². The van der Waals surface area contributed by atoms with Crippen LogP contribution in [-0.4, -0.2) is 11.0 Å². The van der Waals surface area contributed by atoms with Crippen molar-refractivity contribution >= 4 is 27.2 Å². The first-order chi connectivity index (χ1) is 10.2. The second kappa shape index (κ2) is 5.28. The van der Waals surface area contributed by atoms with Gasteiger partial charge in [-0.05, 0) is 69.1 Å². The summed E-state index contributed by atoms with van der Waals surface area (Å²) in [5.41, 5.74) is 3.15. The highest BCUT2D eigenvalue weighted by molar-refractivity contribution is 7.18. The van der Waals surface area contributed by atoms with Gasteiger partial charge in [0.2, 0.25) is 0 Å². The summed E-state index contributed by atoms with van der Waals surface area (Å²) >= 11 is 1.79. The monoisotopic (exact) mass is 300 g/mol. The zero-order valence-electron chi connectivity index (χ0n) is 12.8. The lowest BCUT2D eigenvalue weighted by atomic mass is 9.71. The number of nitrogens with zero attached hydrogens (tertiary/aromatic N) is 1. The number of thiazole rings is 1. The molecule has 21 heavy (non-hydrogen) atoms. The first-order valence-corrected chi connectivity index (χ1v) is 9.18. The maximum Gasteiger partial charge on any atom is 0.0907 e. The number of hydrogen-bond acceptors (Lipinski definition) is 3. The Hall–Kier alpha value is -1.09. The fourth-order valence-electron chi connectivity index (χ4n) is 4.36. The summed E-state index contributed by atoms with van der Waals surface area (Å²) in [6, 6.07) is 7.30. The zero-order valence-corrected chi connectivity index (χ0v) is 13.6. The van der Waals surface area contributed by atoms with Gasteiger partial charge >= 0.3 is 0 Å². The summed E-state index contributed by atoms with van der Waals surface area (Å²) in [4.78, 5) is 4.54. The molecule has 112 valence electrons. The average molecular weight is 300 g/mol. The molecule has 1 aromatic carbocycles. The largest absolute Gasteiger partial charge is 0.382 e. The van der Waals surface area contributed by atoms with Gasteiger partial charge in [-0.3, -0.25) is 0 Å². The van der Waals surface area contributed by atoms with E-state index in [9.17, 15) is 0 Å². The van der Waals surface area contributed by atoms with Gasteiger partial charge in [0.15, 0.2) is 0 Å². The topological polar surface area (TPSA) is 24.9 Å². The van der Waals surface area contributed by atoms with Crippen LogP contribution in [0, 0.1) is 12.3 Å². The number of benzene rings is 1. The highest BCUT2D eigenvalue weighted by Crippen LogP contribution is 2.49. The number of aryl methyl sites for hydroxylation is 1. The molecule has 4 rings (SSSR count). The van der Waals surface area contributed by atoms with Crippen molar-refractivity contribution in [3.63, 3.8) is 0 Å². The van der Waals surface area contributed by atoms with E-state index in [4.69, 9.17) is 0 Å². The molecule has 0 aliphatic heterocycles. The van der Waals surface area contributed by atoms with Crippen molar-refractivity contribution < 1.29 is 0 Å².